The minimum Gasteiger partial charge on any atom is -0.477 e. The summed E-state index contributed by atoms with van der Waals surface area (Å²) in [5.41, 5.74) is 1.65. The van der Waals surface area contributed by atoms with Crippen molar-refractivity contribution in [1.29, 1.82) is 0 Å². The van der Waals surface area contributed by atoms with Crippen LogP contribution >= 0.6 is 0 Å². The average molecular weight is 288 g/mol. The number of halogens is 1. The van der Waals surface area contributed by atoms with Gasteiger partial charge in [0.25, 0.3) is 5.91 Å². The number of benzene rings is 1. The molecule has 2 rings (SSSR count). The van der Waals surface area contributed by atoms with Crippen molar-refractivity contribution in [1.82, 2.24) is 10.3 Å². The van der Waals surface area contributed by atoms with Crippen molar-refractivity contribution in [2.24, 2.45) is 0 Å². The van der Waals surface area contributed by atoms with Gasteiger partial charge >= 0.3 is 0 Å². The Kier molecular flexibility index (Phi) is 4.87. The zero-order valence-corrected chi connectivity index (χ0v) is 12.0. The molecule has 0 fully saturated rings. The van der Waals surface area contributed by atoms with Gasteiger partial charge in [0.1, 0.15) is 11.4 Å². The molecular formula is C16H17FN2O2. The number of ether oxygens (including phenoxy) is 1. The monoisotopic (exact) mass is 288 g/mol. The van der Waals surface area contributed by atoms with Gasteiger partial charge in [0.05, 0.1) is 6.61 Å². The highest BCUT2D eigenvalue weighted by Crippen LogP contribution is 2.14. The number of carbonyl (C=O) groups excluding carboxylic acids is 1. The Labute approximate surface area is 123 Å². The fourth-order valence-corrected chi connectivity index (χ4v) is 1.84. The van der Waals surface area contributed by atoms with Gasteiger partial charge in [-0.25, -0.2) is 9.37 Å². The highest BCUT2D eigenvalue weighted by molar-refractivity contribution is 5.96. The van der Waals surface area contributed by atoms with Crippen LogP contribution in [0.3, 0.4) is 0 Å². The number of nitrogens with one attached hydrogen (secondary N) is 1. The Morgan fingerprint density at radius 3 is 2.90 bits per heavy atom. The summed E-state index contributed by atoms with van der Waals surface area (Å²) >= 11 is 0. The van der Waals surface area contributed by atoms with Crippen LogP contribution in [-0.4, -0.2) is 17.5 Å². The number of nitrogens with zero attached hydrogens (tertiary/aromatic N) is 1. The van der Waals surface area contributed by atoms with Crippen LogP contribution in [0.5, 0.6) is 5.88 Å². The summed E-state index contributed by atoms with van der Waals surface area (Å²) in [4.78, 5) is 16.2. The minimum atomic E-state index is -0.299. The lowest BCUT2D eigenvalue weighted by molar-refractivity contribution is 0.0946. The standard InChI is InChI=1S/C16H17FN2O2/c1-3-21-16-13(5-4-8-18-16)15(20)19-10-12-7-6-11(2)14(17)9-12/h4-9H,3,10H2,1-2H3,(H,19,20). The fraction of sp³-hybridized carbons (Fsp3) is 0.250. The third-order valence-corrected chi connectivity index (χ3v) is 2.99. The number of hydrogen-bond acceptors (Lipinski definition) is 3. The molecule has 2 aromatic rings. The SMILES string of the molecule is CCOc1ncccc1C(=O)NCc1ccc(C)c(F)c1. The minimum absolute atomic E-state index is 0.247. The molecule has 1 amide bonds. The molecule has 5 heteroatoms. The molecule has 0 aliphatic rings. The number of rotatable bonds is 5. The number of hydrogen-bond donors (Lipinski definition) is 1. The first kappa shape index (κ1) is 15.0. The maximum atomic E-state index is 13.4. The van der Waals surface area contributed by atoms with Crippen molar-refractivity contribution in [3.05, 3.63) is 59.0 Å². The lowest BCUT2D eigenvalue weighted by Crippen LogP contribution is -2.23. The van der Waals surface area contributed by atoms with E-state index in [4.69, 9.17) is 4.74 Å². The van der Waals surface area contributed by atoms with Gasteiger partial charge in [-0.3, -0.25) is 4.79 Å². The summed E-state index contributed by atoms with van der Waals surface area (Å²) in [6.07, 6.45) is 1.57. The predicted molar refractivity (Wildman–Crippen MR) is 77.7 cm³/mol. The maximum absolute atomic E-state index is 13.4. The second-order valence-electron chi connectivity index (χ2n) is 4.56. The first-order valence-corrected chi connectivity index (χ1v) is 6.73. The van der Waals surface area contributed by atoms with Crippen molar-refractivity contribution in [2.75, 3.05) is 6.61 Å². The molecule has 0 radical (unpaired) electrons. The van der Waals surface area contributed by atoms with E-state index >= 15 is 0 Å². The molecule has 0 aliphatic heterocycles. The van der Waals surface area contributed by atoms with E-state index in [1.807, 2.05) is 6.92 Å². The number of amides is 1. The second kappa shape index (κ2) is 6.83. The molecule has 0 saturated carbocycles. The summed E-state index contributed by atoms with van der Waals surface area (Å²) in [6.45, 7) is 4.20. The molecule has 1 N–H and O–H groups in total. The van der Waals surface area contributed by atoms with Crippen LogP contribution in [0.2, 0.25) is 0 Å². The Balaban J connectivity index is 2.06. The third-order valence-electron chi connectivity index (χ3n) is 2.99. The molecule has 0 unspecified atom stereocenters. The Hall–Kier alpha value is -2.43. The van der Waals surface area contributed by atoms with E-state index in [1.54, 1.807) is 37.4 Å². The molecule has 0 saturated heterocycles. The molecule has 1 aromatic carbocycles. The summed E-state index contributed by atoms with van der Waals surface area (Å²) in [7, 11) is 0. The summed E-state index contributed by atoms with van der Waals surface area (Å²) in [5, 5.41) is 2.74. The van der Waals surface area contributed by atoms with E-state index in [0.29, 0.717) is 29.2 Å². The van der Waals surface area contributed by atoms with Gasteiger partial charge in [-0.05, 0) is 43.2 Å². The second-order valence-corrected chi connectivity index (χ2v) is 4.56. The summed E-state index contributed by atoms with van der Waals surface area (Å²) in [6, 6.07) is 8.20. The fourth-order valence-electron chi connectivity index (χ4n) is 1.84. The van der Waals surface area contributed by atoms with Crippen molar-refractivity contribution in [2.45, 2.75) is 20.4 Å². The molecule has 0 bridgehead atoms. The topological polar surface area (TPSA) is 51.2 Å². The van der Waals surface area contributed by atoms with Crippen LogP contribution in [0.4, 0.5) is 4.39 Å². The number of aromatic nitrogens is 1. The molecule has 21 heavy (non-hydrogen) atoms. The van der Waals surface area contributed by atoms with E-state index in [2.05, 4.69) is 10.3 Å². The first-order chi connectivity index (χ1) is 10.1. The molecule has 0 spiro atoms. The van der Waals surface area contributed by atoms with E-state index in [-0.39, 0.29) is 18.3 Å². The highest BCUT2D eigenvalue weighted by atomic mass is 19.1. The van der Waals surface area contributed by atoms with E-state index < -0.39 is 0 Å². The molecule has 1 heterocycles. The first-order valence-electron chi connectivity index (χ1n) is 6.73. The quantitative estimate of drug-likeness (QED) is 0.920. The van der Waals surface area contributed by atoms with Crippen LogP contribution in [0, 0.1) is 12.7 Å². The van der Waals surface area contributed by atoms with Crippen molar-refractivity contribution >= 4 is 5.91 Å². The van der Waals surface area contributed by atoms with E-state index in [0.717, 1.165) is 0 Å². The van der Waals surface area contributed by atoms with Crippen molar-refractivity contribution < 1.29 is 13.9 Å². The van der Waals surface area contributed by atoms with Crippen molar-refractivity contribution in [3.8, 4) is 5.88 Å². The van der Waals surface area contributed by atoms with Crippen LogP contribution in [0.1, 0.15) is 28.4 Å². The predicted octanol–water partition coefficient (Wildman–Crippen LogP) is 2.86. The van der Waals surface area contributed by atoms with Crippen LogP contribution < -0.4 is 10.1 Å². The normalized spacial score (nSPS) is 10.2. The maximum Gasteiger partial charge on any atom is 0.257 e. The Morgan fingerprint density at radius 2 is 2.19 bits per heavy atom. The highest BCUT2D eigenvalue weighted by Gasteiger charge is 2.13. The zero-order chi connectivity index (χ0) is 15.2. The van der Waals surface area contributed by atoms with Gasteiger partial charge < -0.3 is 10.1 Å². The number of pyridine rings is 1. The van der Waals surface area contributed by atoms with Gasteiger partial charge in [-0.1, -0.05) is 12.1 Å². The number of aryl methyl sites for hydroxylation is 1. The smallest absolute Gasteiger partial charge is 0.257 e. The van der Waals surface area contributed by atoms with E-state index in [9.17, 15) is 9.18 Å². The Bertz CT molecular complexity index is 644. The average Bonchev–Trinajstić information content (AvgIpc) is 2.49. The lowest BCUT2D eigenvalue weighted by Gasteiger charge is -2.09. The van der Waals surface area contributed by atoms with Gasteiger partial charge in [0.15, 0.2) is 0 Å². The van der Waals surface area contributed by atoms with Crippen LogP contribution in [0.15, 0.2) is 36.5 Å². The summed E-state index contributed by atoms with van der Waals surface area (Å²) < 4.78 is 18.8. The summed E-state index contributed by atoms with van der Waals surface area (Å²) in [5.74, 6) is -0.279. The molecule has 1 aromatic heterocycles. The van der Waals surface area contributed by atoms with E-state index in [1.165, 1.54) is 6.07 Å². The van der Waals surface area contributed by atoms with Crippen LogP contribution in [-0.2, 0) is 6.54 Å². The molecule has 4 nitrogen and oxygen atoms in total. The lowest BCUT2D eigenvalue weighted by atomic mass is 10.1. The zero-order valence-electron chi connectivity index (χ0n) is 12.0. The van der Waals surface area contributed by atoms with Crippen molar-refractivity contribution in [3.63, 3.8) is 0 Å². The molecule has 0 aliphatic carbocycles. The van der Waals surface area contributed by atoms with Gasteiger partial charge in [-0.2, -0.15) is 0 Å². The van der Waals surface area contributed by atoms with Gasteiger partial charge in [0.2, 0.25) is 5.88 Å². The third kappa shape index (κ3) is 3.78. The molecular weight excluding hydrogens is 271 g/mol. The molecule has 0 atom stereocenters. The largest absolute Gasteiger partial charge is 0.477 e. The molecule has 110 valence electrons. The van der Waals surface area contributed by atoms with Gasteiger partial charge in [-0.15, -0.1) is 0 Å². The number of carbonyl (C=O) groups is 1. The Morgan fingerprint density at radius 1 is 1.38 bits per heavy atom. The van der Waals surface area contributed by atoms with Gasteiger partial charge in [0, 0.05) is 12.7 Å². The van der Waals surface area contributed by atoms with Crippen LogP contribution in [0.25, 0.3) is 0 Å².